The molecule has 0 radical (unpaired) electrons. The van der Waals surface area contributed by atoms with Gasteiger partial charge >= 0.3 is 0 Å². The van der Waals surface area contributed by atoms with Gasteiger partial charge < -0.3 is 9.72 Å². The topological polar surface area (TPSA) is 55.0 Å². The lowest BCUT2D eigenvalue weighted by molar-refractivity contribution is 0.111. The Bertz CT molecular complexity index is 219. The molecule has 54 valence electrons. The Morgan fingerprint density at radius 2 is 2.70 bits per heavy atom. The standard InChI is InChI=1S/C6H8N2O2/c1-2-10-6-7-3-5(4-9)8-6/h3-4H,2H2,1H3,(H,7,8). The summed E-state index contributed by atoms with van der Waals surface area (Å²) in [6.45, 7) is 2.40. The van der Waals surface area contributed by atoms with Crippen LogP contribution in [0.4, 0.5) is 0 Å². The number of H-pyrrole nitrogens is 1. The highest BCUT2D eigenvalue weighted by Gasteiger charge is 1.96. The lowest BCUT2D eigenvalue weighted by atomic mass is 10.6. The molecule has 0 amide bonds. The molecule has 0 aromatic carbocycles. The smallest absolute Gasteiger partial charge is 0.294 e. The first-order valence-corrected chi connectivity index (χ1v) is 2.99. The molecule has 1 aromatic rings. The zero-order valence-corrected chi connectivity index (χ0v) is 5.63. The van der Waals surface area contributed by atoms with E-state index in [1.54, 1.807) is 0 Å². The maximum absolute atomic E-state index is 10.1. The number of aromatic amines is 1. The van der Waals surface area contributed by atoms with E-state index in [9.17, 15) is 4.79 Å². The van der Waals surface area contributed by atoms with E-state index in [1.807, 2.05) is 6.92 Å². The third kappa shape index (κ3) is 1.34. The molecular weight excluding hydrogens is 132 g/mol. The summed E-state index contributed by atoms with van der Waals surface area (Å²) < 4.78 is 4.96. The van der Waals surface area contributed by atoms with Gasteiger partial charge in [-0.2, -0.15) is 0 Å². The van der Waals surface area contributed by atoms with Crippen LogP contribution in [0.2, 0.25) is 0 Å². The first kappa shape index (κ1) is 6.80. The number of hydrogen-bond acceptors (Lipinski definition) is 3. The summed E-state index contributed by atoms with van der Waals surface area (Å²) in [5.41, 5.74) is 0.434. The average molecular weight is 140 g/mol. The van der Waals surface area contributed by atoms with Crippen molar-refractivity contribution in [2.45, 2.75) is 6.92 Å². The first-order chi connectivity index (χ1) is 4.86. The lowest BCUT2D eigenvalue weighted by Gasteiger charge is -1.93. The summed E-state index contributed by atoms with van der Waals surface area (Å²) in [5, 5.41) is 0. The van der Waals surface area contributed by atoms with E-state index >= 15 is 0 Å². The van der Waals surface area contributed by atoms with Crippen molar-refractivity contribution in [2.75, 3.05) is 6.61 Å². The van der Waals surface area contributed by atoms with Crippen LogP contribution in [0.25, 0.3) is 0 Å². The van der Waals surface area contributed by atoms with Gasteiger partial charge in [-0.1, -0.05) is 0 Å². The van der Waals surface area contributed by atoms with Crippen molar-refractivity contribution >= 4 is 6.29 Å². The second-order valence-electron chi connectivity index (χ2n) is 1.69. The van der Waals surface area contributed by atoms with Crippen LogP contribution in [0.3, 0.4) is 0 Å². The van der Waals surface area contributed by atoms with Gasteiger partial charge in [0.2, 0.25) is 0 Å². The van der Waals surface area contributed by atoms with Crippen molar-refractivity contribution in [2.24, 2.45) is 0 Å². The molecule has 0 aliphatic rings. The molecule has 0 saturated carbocycles. The monoisotopic (exact) mass is 140 g/mol. The van der Waals surface area contributed by atoms with Crippen LogP contribution < -0.4 is 4.74 Å². The van der Waals surface area contributed by atoms with E-state index in [0.717, 1.165) is 0 Å². The van der Waals surface area contributed by atoms with E-state index < -0.39 is 0 Å². The normalized spacial score (nSPS) is 9.30. The number of hydrogen-bond donors (Lipinski definition) is 1. The Balaban J connectivity index is 2.68. The van der Waals surface area contributed by atoms with Gasteiger partial charge in [0.15, 0.2) is 6.29 Å². The van der Waals surface area contributed by atoms with E-state index in [2.05, 4.69) is 9.97 Å². The minimum atomic E-state index is 0.393. The van der Waals surface area contributed by atoms with Crippen LogP contribution in [0.1, 0.15) is 17.4 Å². The molecule has 0 aliphatic heterocycles. The summed E-state index contributed by atoms with van der Waals surface area (Å²) in [6, 6.07) is 0.393. The number of aldehydes is 1. The summed E-state index contributed by atoms with van der Waals surface area (Å²) in [6.07, 6.45) is 2.12. The largest absolute Gasteiger partial charge is 0.465 e. The highest BCUT2D eigenvalue weighted by Crippen LogP contribution is 2.01. The summed E-state index contributed by atoms with van der Waals surface area (Å²) in [7, 11) is 0. The Hall–Kier alpha value is -1.32. The molecule has 0 aliphatic carbocycles. The molecule has 4 heteroatoms. The maximum Gasteiger partial charge on any atom is 0.294 e. The van der Waals surface area contributed by atoms with Crippen LogP contribution in [0.5, 0.6) is 6.01 Å². The highest BCUT2D eigenvalue weighted by molar-refractivity contribution is 5.71. The number of nitrogens with zero attached hydrogens (tertiary/aromatic N) is 1. The fraction of sp³-hybridized carbons (Fsp3) is 0.333. The van der Waals surface area contributed by atoms with Crippen LogP contribution in [0.15, 0.2) is 6.20 Å². The fourth-order valence-electron chi connectivity index (χ4n) is 0.586. The predicted molar refractivity (Wildman–Crippen MR) is 35.1 cm³/mol. The Morgan fingerprint density at radius 3 is 3.20 bits per heavy atom. The van der Waals surface area contributed by atoms with Crippen molar-refractivity contribution in [1.29, 1.82) is 0 Å². The molecule has 10 heavy (non-hydrogen) atoms. The van der Waals surface area contributed by atoms with Crippen LogP contribution in [-0.2, 0) is 0 Å². The maximum atomic E-state index is 10.1. The number of nitrogens with one attached hydrogen (secondary N) is 1. The second kappa shape index (κ2) is 3.00. The Morgan fingerprint density at radius 1 is 1.90 bits per heavy atom. The predicted octanol–water partition coefficient (Wildman–Crippen LogP) is 0.621. The molecule has 4 nitrogen and oxygen atoms in total. The zero-order valence-electron chi connectivity index (χ0n) is 5.63. The molecule has 0 bridgehead atoms. The molecular formula is C6H8N2O2. The van der Waals surface area contributed by atoms with Crippen molar-refractivity contribution in [3.05, 3.63) is 11.9 Å². The van der Waals surface area contributed by atoms with Gasteiger partial charge in [0.25, 0.3) is 6.01 Å². The van der Waals surface area contributed by atoms with Crippen LogP contribution in [0, 0.1) is 0 Å². The SMILES string of the molecule is CCOc1ncc(C=O)[nH]1. The summed E-state index contributed by atoms with van der Waals surface area (Å²) >= 11 is 0. The van der Waals surface area contributed by atoms with Crippen molar-refractivity contribution in [1.82, 2.24) is 9.97 Å². The molecule has 0 fully saturated rings. The summed E-state index contributed by atoms with van der Waals surface area (Å²) in [4.78, 5) is 16.5. The number of carbonyl (C=O) groups excluding carboxylic acids is 1. The number of imidazole rings is 1. The zero-order chi connectivity index (χ0) is 7.40. The van der Waals surface area contributed by atoms with E-state index in [0.29, 0.717) is 24.6 Å². The molecule has 1 rings (SSSR count). The number of carbonyl (C=O) groups is 1. The molecule has 1 N–H and O–H groups in total. The quantitative estimate of drug-likeness (QED) is 0.626. The Labute approximate surface area is 58.2 Å². The molecule has 0 saturated heterocycles. The van der Waals surface area contributed by atoms with Crippen molar-refractivity contribution < 1.29 is 9.53 Å². The first-order valence-electron chi connectivity index (χ1n) is 2.99. The van der Waals surface area contributed by atoms with Gasteiger partial charge in [0, 0.05) is 0 Å². The van der Waals surface area contributed by atoms with Crippen LogP contribution >= 0.6 is 0 Å². The van der Waals surface area contributed by atoms with Crippen LogP contribution in [-0.4, -0.2) is 22.9 Å². The fourth-order valence-corrected chi connectivity index (χ4v) is 0.586. The Kier molecular flexibility index (Phi) is 2.04. The molecule has 1 aromatic heterocycles. The average Bonchev–Trinajstić information content (AvgIpc) is 2.37. The van der Waals surface area contributed by atoms with Gasteiger partial charge in [-0.3, -0.25) is 4.79 Å². The van der Waals surface area contributed by atoms with E-state index in [4.69, 9.17) is 4.74 Å². The lowest BCUT2D eigenvalue weighted by Crippen LogP contribution is -1.92. The third-order valence-corrected chi connectivity index (χ3v) is 0.980. The molecule has 0 unspecified atom stereocenters. The van der Waals surface area contributed by atoms with Gasteiger partial charge in [-0.15, -0.1) is 0 Å². The van der Waals surface area contributed by atoms with Crippen molar-refractivity contribution in [3.8, 4) is 6.01 Å². The third-order valence-electron chi connectivity index (χ3n) is 0.980. The molecule has 1 heterocycles. The van der Waals surface area contributed by atoms with Gasteiger partial charge in [-0.05, 0) is 6.92 Å². The molecule has 0 atom stereocenters. The number of ether oxygens (including phenoxy) is 1. The van der Waals surface area contributed by atoms with Gasteiger partial charge in [-0.25, -0.2) is 4.98 Å². The highest BCUT2D eigenvalue weighted by atomic mass is 16.5. The van der Waals surface area contributed by atoms with E-state index in [-0.39, 0.29) is 0 Å². The van der Waals surface area contributed by atoms with Gasteiger partial charge in [0.05, 0.1) is 12.8 Å². The minimum Gasteiger partial charge on any atom is -0.465 e. The van der Waals surface area contributed by atoms with Crippen molar-refractivity contribution in [3.63, 3.8) is 0 Å². The van der Waals surface area contributed by atoms with E-state index in [1.165, 1.54) is 6.20 Å². The number of rotatable bonds is 3. The van der Waals surface area contributed by atoms with Gasteiger partial charge in [0.1, 0.15) is 5.69 Å². The molecule has 0 spiro atoms. The number of aromatic nitrogens is 2. The summed E-state index contributed by atoms with van der Waals surface area (Å²) in [5.74, 6) is 0. The minimum absolute atomic E-state index is 0.393. The second-order valence-corrected chi connectivity index (χ2v) is 1.69.